The number of carbonyl (C=O) groups excluding carboxylic acids is 1. The van der Waals surface area contributed by atoms with Crippen LogP contribution in [0.15, 0.2) is 30.6 Å². The molecule has 0 saturated heterocycles. The van der Waals surface area contributed by atoms with Crippen LogP contribution in [0.5, 0.6) is 0 Å². The standard InChI is InChI=1S/C13H11F2N3O/c1-7-2-3-17-6-11(7)18-13(19)8-4-9(14)12(16)10(15)5-8/h2-6H,16H2,1H3,(H,18,19). The van der Waals surface area contributed by atoms with E-state index in [0.717, 1.165) is 17.7 Å². The molecule has 1 aromatic heterocycles. The Morgan fingerprint density at radius 3 is 2.53 bits per heavy atom. The van der Waals surface area contributed by atoms with Crippen molar-refractivity contribution in [2.45, 2.75) is 6.92 Å². The lowest BCUT2D eigenvalue weighted by Crippen LogP contribution is -2.14. The lowest BCUT2D eigenvalue weighted by Gasteiger charge is -2.08. The molecular formula is C13H11F2N3O. The average molecular weight is 263 g/mol. The van der Waals surface area contributed by atoms with Crippen LogP contribution in [0, 0.1) is 18.6 Å². The van der Waals surface area contributed by atoms with E-state index in [2.05, 4.69) is 10.3 Å². The minimum Gasteiger partial charge on any atom is -0.394 e. The molecule has 0 unspecified atom stereocenters. The van der Waals surface area contributed by atoms with Crippen LogP contribution in [-0.4, -0.2) is 10.9 Å². The van der Waals surface area contributed by atoms with Crippen molar-refractivity contribution in [2.75, 3.05) is 11.1 Å². The first-order chi connectivity index (χ1) is 8.99. The molecular weight excluding hydrogens is 252 g/mol. The third kappa shape index (κ3) is 2.67. The molecule has 0 atom stereocenters. The maximum absolute atomic E-state index is 13.3. The number of nitrogen functional groups attached to an aromatic ring is 1. The van der Waals surface area contributed by atoms with E-state index in [4.69, 9.17) is 5.73 Å². The van der Waals surface area contributed by atoms with Gasteiger partial charge in [-0.05, 0) is 30.7 Å². The Morgan fingerprint density at radius 1 is 1.32 bits per heavy atom. The molecule has 1 heterocycles. The highest BCUT2D eigenvalue weighted by atomic mass is 19.1. The van der Waals surface area contributed by atoms with E-state index in [9.17, 15) is 13.6 Å². The van der Waals surface area contributed by atoms with Gasteiger partial charge in [0.2, 0.25) is 0 Å². The van der Waals surface area contributed by atoms with E-state index < -0.39 is 23.2 Å². The SMILES string of the molecule is Cc1ccncc1NC(=O)c1cc(F)c(N)c(F)c1. The average Bonchev–Trinajstić information content (AvgIpc) is 2.38. The van der Waals surface area contributed by atoms with Gasteiger partial charge in [0.15, 0.2) is 0 Å². The molecule has 0 aliphatic rings. The van der Waals surface area contributed by atoms with Crippen molar-refractivity contribution in [3.63, 3.8) is 0 Å². The molecule has 0 bridgehead atoms. The fraction of sp³-hybridized carbons (Fsp3) is 0.0769. The van der Waals surface area contributed by atoms with Gasteiger partial charge in [0, 0.05) is 11.8 Å². The maximum Gasteiger partial charge on any atom is 0.255 e. The molecule has 0 aliphatic carbocycles. The number of aryl methyl sites for hydroxylation is 1. The number of pyridine rings is 1. The van der Waals surface area contributed by atoms with Gasteiger partial charge in [-0.3, -0.25) is 9.78 Å². The summed E-state index contributed by atoms with van der Waals surface area (Å²) in [5.74, 6) is -2.56. The molecule has 19 heavy (non-hydrogen) atoms. The Hall–Kier alpha value is -2.50. The van der Waals surface area contributed by atoms with Gasteiger partial charge < -0.3 is 11.1 Å². The lowest BCUT2D eigenvalue weighted by molar-refractivity contribution is 0.102. The fourth-order valence-corrected chi connectivity index (χ4v) is 1.50. The maximum atomic E-state index is 13.3. The first kappa shape index (κ1) is 12.9. The van der Waals surface area contributed by atoms with E-state index in [-0.39, 0.29) is 5.56 Å². The lowest BCUT2D eigenvalue weighted by atomic mass is 10.1. The quantitative estimate of drug-likeness (QED) is 0.818. The Kier molecular flexibility index (Phi) is 3.41. The minimum atomic E-state index is -0.965. The third-order valence-corrected chi connectivity index (χ3v) is 2.63. The monoisotopic (exact) mass is 263 g/mol. The molecule has 3 N–H and O–H groups in total. The number of nitrogens with one attached hydrogen (secondary N) is 1. The number of halogens is 2. The molecule has 6 heteroatoms. The van der Waals surface area contributed by atoms with Gasteiger partial charge in [0.25, 0.3) is 5.91 Å². The molecule has 4 nitrogen and oxygen atoms in total. The summed E-state index contributed by atoms with van der Waals surface area (Å²) in [4.78, 5) is 15.7. The van der Waals surface area contributed by atoms with Crippen molar-refractivity contribution in [3.8, 4) is 0 Å². The number of hydrogen-bond acceptors (Lipinski definition) is 3. The molecule has 1 aromatic carbocycles. The molecule has 2 rings (SSSR count). The summed E-state index contributed by atoms with van der Waals surface area (Å²) in [5.41, 5.74) is 5.66. The summed E-state index contributed by atoms with van der Waals surface area (Å²) in [5, 5.41) is 2.52. The van der Waals surface area contributed by atoms with E-state index in [1.807, 2.05) is 0 Å². The number of hydrogen-bond donors (Lipinski definition) is 2. The summed E-state index contributed by atoms with van der Waals surface area (Å²) in [6, 6.07) is 3.48. The predicted molar refractivity (Wildman–Crippen MR) is 67.7 cm³/mol. The second-order valence-electron chi connectivity index (χ2n) is 4.00. The van der Waals surface area contributed by atoms with Crippen LogP contribution in [0.3, 0.4) is 0 Å². The minimum absolute atomic E-state index is 0.146. The van der Waals surface area contributed by atoms with E-state index in [0.29, 0.717) is 5.69 Å². The highest BCUT2D eigenvalue weighted by molar-refractivity contribution is 6.04. The Bertz CT molecular complexity index is 621. The first-order valence-electron chi connectivity index (χ1n) is 5.45. The number of carbonyl (C=O) groups is 1. The number of amides is 1. The van der Waals surface area contributed by atoms with Crippen molar-refractivity contribution in [1.29, 1.82) is 0 Å². The zero-order chi connectivity index (χ0) is 14.0. The summed E-state index contributed by atoms with van der Waals surface area (Å²) in [6.45, 7) is 1.78. The zero-order valence-corrected chi connectivity index (χ0v) is 10.1. The molecule has 0 fully saturated rings. The summed E-state index contributed by atoms with van der Waals surface area (Å²) < 4.78 is 26.5. The van der Waals surface area contributed by atoms with Gasteiger partial charge in [-0.1, -0.05) is 0 Å². The number of nitrogens with zero attached hydrogens (tertiary/aromatic N) is 1. The Labute approximate surface area is 108 Å². The van der Waals surface area contributed by atoms with Crippen molar-refractivity contribution < 1.29 is 13.6 Å². The summed E-state index contributed by atoms with van der Waals surface area (Å²) in [7, 11) is 0. The van der Waals surface area contributed by atoms with Crippen LogP contribution < -0.4 is 11.1 Å². The highest BCUT2D eigenvalue weighted by Crippen LogP contribution is 2.19. The Balaban J connectivity index is 2.28. The fourth-order valence-electron chi connectivity index (χ4n) is 1.50. The van der Waals surface area contributed by atoms with E-state index in [1.54, 1.807) is 19.2 Å². The highest BCUT2D eigenvalue weighted by Gasteiger charge is 2.14. The normalized spacial score (nSPS) is 10.3. The number of aromatic nitrogens is 1. The molecule has 0 radical (unpaired) electrons. The van der Waals surface area contributed by atoms with Crippen LogP contribution >= 0.6 is 0 Å². The van der Waals surface area contributed by atoms with Crippen molar-refractivity contribution in [1.82, 2.24) is 4.98 Å². The zero-order valence-electron chi connectivity index (χ0n) is 10.1. The van der Waals surface area contributed by atoms with Gasteiger partial charge >= 0.3 is 0 Å². The molecule has 98 valence electrons. The molecule has 1 amide bonds. The molecule has 0 saturated carbocycles. The van der Waals surface area contributed by atoms with Gasteiger partial charge in [0.05, 0.1) is 11.9 Å². The van der Waals surface area contributed by atoms with Crippen LogP contribution in [-0.2, 0) is 0 Å². The number of nitrogens with two attached hydrogens (primary N) is 1. The number of rotatable bonds is 2. The summed E-state index contributed by atoms with van der Waals surface area (Å²) >= 11 is 0. The van der Waals surface area contributed by atoms with Crippen LogP contribution in [0.25, 0.3) is 0 Å². The largest absolute Gasteiger partial charge is 0.394 e. The van der Waals surface area contributed by atoms with Crippen LogP contribution in [0.1, 0.15) is 15.9 Å². The van der Waals surface area contributed by atoms with Gasteiger partial charge in [-0.2, -0.15) is 0 Å². The summed E-state index contributed by atoms with van der Waals surface area (Å²) in [6.07, 6.45) is 3.03. The second-order valence-corrected chi connectivity index (χ2v) is 4.00. The molecule has 0 aliphatic heterocycles. The van der Waals surface area contributed by atoms with Crippen molar-refractivity contribution in [3.05, 3.63) is 53.4 Å². The second kappa shape index (κ2) is 5.01. The van der Waals surface area contributed by atoms with Crippen molar-refractivity contribution in [2.24, 2.45) is 0 Å². The third-order valence-electron chi connectivity index (χ3n) is 2.63. The Morgan fingerprint density at radius 2 is 1.95 bits per heavy atom. The number of benzene rings is 1. The van der Waals surface area contributed by atoms with Crippen LogP contribution in [0.4, 0.5) is 20.2 Å². The number of anilines is 2. The molecule has 2 aromatic rings. The van der Waals surface area contributed by atoms with Crippen molar-refractivity contribution >= 4 is 17.3 Å². The first-order valence-corrected chi connectivity index (χ1v) is 5.45. The molecule has 0 spiro atoms. The topological polar surface area (TPSA) is 68.0 Å². The van der Waals surface area contributed by atoms with Gasteiger partial charge in [0.1, 0.15) is 17.3 Å². The van der Waals surface area contributed by atoms with Gasteiger partial charge in [-0.15, -0.1) is 0 Å². The predicted octanol–water partition coefficient (Wildman–Crippen LogP) is 2.50. The van der Waals surface area contributed by atoms with E-state index in [1.165, 1.54) is 6.20 Å². The van der Waals surface area contributed by atoms with E-state index >= 15 is 0 Å². The van der Waals surface area contributed by atoms with Crippen LogP contribution in [0.2, 0.25) is 0 Å². The smallest absolute Gasteiger partial charge is 0.255 e. The van der Waals surface area contributed by atoms with Gasteiger partial charge in [-0.25, -0.2) is 8.78 Å².